The van der Waals surface area contributed by atoms with Gasteiger partial charge >= 0.3 is 0 Å². The lowest BCUT2D eigenvalue weighted by atomic mass is 9.88. The van der Waals surface area contributed by atoms with E-state index in [1.165, 1.54) is 0 Å². The molecule has 0 bridgehead atoms. The van der Waals surface area contributed by atoms with Crippen LogP contribution in [0.25, 0.3) is 10.9 Å². The molecule has 1 aromatic carbocycles. The number of halogens is 2. The lowest BCUT2D eigenvalue weighted by Gasteiger charge is -2.17. The molecule has 1 saturated carbocycles. The molecular formula is C18H24BrFN2O2S. The number of rotatable bonds is 6. The molecule has 0 aliphatic heterocycles. The molecule has 0 saturated heterocycles. The standard InChI is InChI=1S/C18H24BrFN2O2S/c1-18(2,3)10-12-11-22(9-8-21-25(23,24)13-4-5-13)15-7-6-14(19)17(20)16(12)15/h6-7,11,13,21H,4-5,8-10H2,1-3H3. The molecule has 0 spiro atoms. The van der Waals surface area contributed by atoms with Crippen molar-refractivity contribution in [3.05, 3.63) is 34.2 Å². The zero-order valence-corrected chi connectivity index (χ0v) is 17.2. The topological polar surface area (TPSA) is 51.1 Å². The first kappa shape index (κ1) is 18.9. The second kappa shape index (κ2) is 6.67. The number of aromatic nitrogens is 1. The van der Waals surface area contributed by atoms with Crippen LogP contribution in [0, 0.1) is 11.2 Å². The van der Waals surface area contributed by atoms with Crippen LogP contribution in [0.1, 0.15) is 39.2 Å². The van der Waals surface area contributed by atoms with Crippen molar-refractivity contribution in [2.45, 2.75) is 51.8 Å². The Hall–Kier alpha value is -0.920. The molecule has 1 aliphatic rings. The van der Waals surface area contributed by atoms with Gasteiger partial charge in [0, 0.05) is 24.7 Å². The zero-order valence-electron chi connectivity index (χ0n) is 14.8. The highest BCUT2D eigenvalue weighted by molar-refractivity contribution is 9.10. The summed E-state index contributed by atoms with van der Waals surface area (Å²) in [7, 11) is -3.19. The molecule has 0 unspecified atom stereocenters. The van der Waals surface area contributed by atoms with E-state index in [9.17, 15) is 12.8 Å². The van der Waals surface area contributed by atoms with Gasteiger partial charge in [0.1, 0.15) is 5.82 Å². The maximum absolute atomic E-state index is 14.7. The van der Waals surface area contributed by atoms with Gasteiger partial charge in [-0.3, -0.25) is 0 Å². The van der Waals surface area contributed by atoms with Gasteiger partial charge in [-0.25, -0.2) is 17.5 Å². The lowest BCUT2D eigenvalue weighted by Crippen LogP contribution is -2.30. The highest BCUT2D eigenvalue weighted by atomic mass is 79.9. The Morgan fingerprint density at radius 2 is 2.00 bits per heavy atom. The fourth-order valence-corrected chi connectivity index (χ4v) is 4.80. The van der Waals surface area contributed by atoms with Crippen LogP contribution in [0.15, 0.2) is 22.8 Å². The van der Waals surface area contributed by atoms with E-state index in [0.717, 1.165) is 30.3 Å². The van der Waals surface area contributed by atoms with Crippen molar-refractivity contribution >= 4 is 36.9 Å². The second-order valence-corrected chi connectivity index (χ2v) is 10.9. The summed E-state index contributed by atoms with van der Waals surface area (Å²) >= 11 is 3.27. The quantitative estimate of drug-likeness (QED) is 0.745. The van der Waals surface area contributed by atoms with E-state index in [1.54, 1.807) is 6.07 Å². The van der Waals surface area contributed by atoms with E-state index in [0.29, 0.717) is 22.9 Å². The zero-order chi connectivity index (χ0) is 18.4. The van der Waals surface area contributed by atoms with Gasteiger partial charge in [-0.05, 0) is 58.3 Å². The first-order chi connectivity index (χ1) is 11.6. The highest BCUT2D eigenvalue weighted by Gasteiger charge is 2.35. The highest BCUT2D eigenvalue weighted by Crippen LogP contribution is 2.33. The first-order valence-corrected chi connectivity index (χ1v) is 10.9. The van der Waals surface area contributed by atoms with E-state index in [1.807, 2.05) is 16.8 Å². The van der Waals surface area contributed by atoms with Gasteiger partial charge in [-0.15, -0.1) is 0 Å². The van der Waals surface area contributed by atoms with Crippen LogP contribution in [-0.4, -0.2) is 24.8 Å². The maximum atomic E-state index is 14.7. The van der Waals surface area contributed by atoms with Crippen LogP contribution in [0.3, 0.4) is 0 Å². The lowest BCUT2D eigenvalue weighted by molar-refractivity contribution is 0.411. The van der Waals surface area contributed by atoms with Gasteiger partial charge in [0.2, 0.25) is 10.0 Å². The maximum Gasteiger partial charge on any atom is 0.214 e. The smallest absolute Gasteiger partial charge is 0.214 e. The van der Waals surface area contributed by atoms with Gasteiger partial charge in [0.15, 0.2) is 0 Å². The molecule has 1 fully saturated rings. The van der Waals surface area contributed by atoms with Gasteiger partial charge < -0.3 is 4.57 Å². The van der Waals surface area contributed by atoms with E-state index in [4.69, 9.17) is 0 Å². The Labute approximate surface area is 157 Å². The summed E-state index contributed by atoms with van der Waals surface area (Å²) in [5.74, 6) is -0.255. The normalized spacial score (nSPS) is 15.9. The van der Waals surface area contributed by atoms with Crippen molar-refractivity contribution in [3.63, 3.8) is 0 Å². The Kier molecular flexibility index (Phi) is 5.03. The molecule has 0 radical (unpaired) electrons. The Bertz CT molecular complexity index is 896. The van der Waals surface area contributed by atoms with Crippen LogP contribution >= 0.6 is 15.9 Å². The number of fused-ring (bicyclic) bond motifs is 1. The van der Waals surface area contributed by atoms with Crippen molar-refractivity contribution in [1.29, 1.82) is 0 Å². The van der Waals surface area contributed by atoms with E-state index < -0.39 is 10.0 Å². The van der Waals surface area contributed by atoms with Crippen LogP contribution in [-0.2, 0) is 23.0 Å². The number of benzene rings is 1. The molecule has 3 rings (SSSR count). The van der Waals surface area contributed by atoms with Crippen LogP contribution in [0.2, 0.25) is 0 Å². The molecular weight excluding hydrogens is 407 g/mol. The van der Waals surface area contributed by atoms with Gasteiger partial charge in [0.05, 0.1) is 15.2 Å². The summed E-state index contributed by atoms with van der Waals surface area (Å²) in [6.45, 7) is 7.16. The average molecular weight is 431 g/mol. The van der Waals surface area contributed by atoms with Gasteiger partial charge in [0.25, 0.3) is 0 Å². The van der Waals surface area contributed by atoms with Crippen molar-refractivity contribution in [2.75, 3.05) is 6.54 Å². The van der Waals surface area contributed by atoms with Crippen molar-refractivity contribution < 1.29 is 12.8 Å². The molecule has 0 atom stereocenters. The predicted octanol–water partition coefficient (Wildman–Crippen LogP) is 4.21. The number of nitrogens with zero attached hydrogens (tertiary/aromatic N) is 1. The van der Waals surface area contributed by atoms with E-state index in [-0.39, 0.29) is 16.5 Å². The largest absolute Gasteiger partial charge is 0.346 e. The molecule has 1 N–H and O–H groups in total. The van der Waals surface area contributed by atoms with E-state index >= 15 is 0 Å². The van der Waals surface area contributed by atoms with Crippen molar-refractivity contribution in [1.82, 2.24) is 9.29 Å². The third kappa shape index (κ3) is 4.26. The molecule has 4 nitrogen and oxygen atoms in total. The van der Waals surface area contributed by atoms with Crippen LogP contribution in [0.5, 0.6) is 0 Å². The number of nitrogens with one attached hydrogen (secondary N) is 1. The predicted molar refractivity (Wildman–Crippen MR) is 103 cm³/mol. The first-order valence-electron chi connectivity index (χ1n) is 8.53. The monoisotopic (exact) mass is 430 g/mol. The molecule has 7 heteroatoms. The summed E-state index contributed by atoms with van der Waals surface area (Å²) in [4.78, 5) is 0. The summed E-state index contributed by atoms with van der Waals surface area (Å²) in [5.41, 5.74) is 1.78. The summed E-state index contributed by atoms with van der Waals surface area (Å²) < 4.78 is 43.7. The third-order valence-corrected chi connectivity index (χ3v) is 6.92. The minimum atomic E-state index is -3.19. The number of hydrogen-bond acceptors (Lipinski definition) is 2. The molecule has 2 aromatic rings. The fourth-order valence-electron chi connectivity index (χ4n) is 3.10. The molecule has 0 amide bonds. The second-order valence-electron chi connectivity index (χ2n) is 7.98. The third-order valence-electron chi connectivity index (χ3n) is 4.36. The summed E-state index contributed by atoms with van der Waals surface area (Å²) in [6, 6.07) is 3.58. The molecule has 1 heterocycles. The Balaban J connectivity index is 1.88. The molecule has 25 heavy (non-hydrogen) atoms. The summed E-state index contributed by atoms with van der Waals surface area (Å²) in [5, 5.41) is 0.396. The van der Waals surface area contributed by atoms with Gasteiger partial charge in [-0.1, -0.05) is 20.8 Å². The molecule has 1 aliphatic carbocycles. The average Bonchev–Trinajstić information content (AvgIpc) is 3.28. The van der Waals surface area contributed by atoms with Crippen molar-refractivity contribution in [2.24, 2.45) is 5.41 Å². The summed E-state index contributed by atoms with van der Waals surface area (Å²) in [6.07, 6.45) is 4.20. The van der Waals surface area contributed by atoms with Crippen molar-refractivity contribution in [3.8, 4) is 0 Å². The number of sulfonamides is 1. The van der Waals surface area contributed by atoms with E-state index in [2.05, 4.69) is 41.4 Å². The number of hydrogen-bond donors (Lipinski definition) is 1. The SMILES string of the molecule is CC(C)(C)Cc1cn(CCNS(=O)(=O)C2CC2)c2ccc(Br)c(F)c12. The van der Waals surface area contributed by atoms with Crippen LogP contribution in [0.4, 0.5) is 4.39 Å². The molecule has 1 aromatic heterocycles. The van der Waals surface area contributed by atoms with Crippen LogP contribution < -0.4 is 4.72 Å². The molecule has 138 valence electrons. The minimum absolute atomic E-state index is 0.0292. The minimum Gasteiger partial charge on any atom is -0.346 e. The van der Waals surface area contributed by atoms with Gasteiger partial charge in [-0.2, -0.15) is 0 Å². The fraction of sp³-hybridized carbons (Fsp3) is 0.556. The Morgan fingerprint density at radius 3 is 2.60 bits per heavy atom. The Morgan fingerprint density at radius 1 is 1.32 bits per heavy atom.